The number of urea groups is 1. The topological polar surface area (TPSA) is 67.4 Å². The van der Waals surface area contributed by atoms with Crippen molar-refractivity contribution in [2.24, 2.45) is 0 Å². The summed E-state index contributed by atoms with van der Waals surface area (Å²) >= 11 is 0. The number of ether oxygens (including phenoxy) is 1. The van der Waals surface area contributed by atoms with E-state index in [1.807, 2.05) is 44.2 Å². The normalized spacial score (nSPS) is 22.5. The van der Waals surface area contributed by atoms with E-state index in [2.05, 4.69) is 10.6 Å². The lowest BCUT2D eigenvalue weighted by atomic mass is 9.87. The van der Waals surface area contributed by atoms with Gasteiger partial charge in [-0.2, -0.15) is 0 Å². The third kappa shape index (κ3) is 2.76. The first-order valence-electron chi connectivity index (χ1n) is 6.35. The number of carbonyl (C=O) groups is 2. The predicted molar refractivity (Wildman–Crippen MR) is 70.5 cm³/mol. The van der Waals surface area contributed by atoms with Crippen molar-refractivity contribution in [2.45, 2.75) is 31.9 Å². The van der Waals surface area contributed by atoms with Gasteiger partial charge >= 0.3 is 6.03 Å². The van der Waals surface area contributed by atoms with Gasteiger partial charge in [0.25, 0.3) is 5.91 Å². The second-order valence-corrected chi connectivity index (χ2v) is 4.85. The molecule has 0 bridgehead atoms. The number of carbonyl (C=O) groups excluding carboxylic acids is 2. The van der Waals surface area contributed by atoms with E-state index < -0.39 is 11.6 Å². The molecule has 0 radical (unpaired) electrons. The number of imide groups is 1. The third-order valence-corrected chi connectivity index (χ3v) is 3.14. The van der Waals surface area contributed by atoms with Gasteiger partial charge in [0.1, 0.15) is 5.54 Å². The van der Waals surface area contributed by atoms with Crippen LogP contribution in [-0.2, 0) is 15.1 Å². The van der Waals surface area contributed by atoms with Gasteiger partial charge in [-0.25, -0.2) is 4.79 Å². The van der Waals surface area contributed by atoms with Crippen molar-refractivity contribution in [3.63, 3.8) is 0 Å². The molecule has 1 fully saturated rings. The molecule has 0 aromatic heterocycles. The van der Waals surface area contributed by atoms with Crippen molar-refractivity contribution in [1.82, 2.24) is 10.6 Å². The van der Waals surface area contributed by atoms with Gasteiger partial charge in [0.15, 0.2) is 0 Å². The second kappa shape index (κ2) is 5.40. The first kappa shape index (κ1) is 13.5. The fourth-order valence-electron chi connectivity index (χ4n) is 2.19. The Morgan fingerprint density at radius 3 is 2.42 bits per heavy atom. The van der Waals surface area contributed by atoms with Crippen LogP contribution in [0.25, 0.3) is 0 Å². The number of rotatable bonds is 5. The predicted octanol–water partition coefficient (Wildman–Crippen LogP) is 1.54. The van der Waals surface area contributed by atoms with E-state index in [9.17, 15) is 9.59 Å². The number of hydrogen-bond acceptors (Lipinski definition) is 3. The summed E-state index contributed by atoms with van der Waals surface area (Å²) in [5, 5.41) is 5.03. The van der Waals surface area contributed by atoms with Crippen molar-refractivity contribution in [3.8, 4) is 0 Å². The minimum Gasteiger partial charge on any atom is -0.379 e. The van der Waals surface area contributed by atoms with Crippen LogP contribution < -0.4 is 10.6 Å². The lowest BCUT2D eigenvalue weighted by Crippen LogP contribution is -2.44. The Kier molecular flexibility index (Phi) is 3.85. The molecule has 3 amide bonds. The van der Waals surface area contributed by atoms with E-state index in [1.54, 1.807) is 0 Å². The minimum atomic E-state index is -1.02. The molecule has 1 aromatic carbocycles. The van der Waals surface area contributed by atoms with Crippen LogP contribution in [0.1, 0.15) is 25.8 Å². The molecule has 0 spiro atoms. The molecule has 0 aliphatic carbocycles. The van der Waals surface area contributed by atoms with Gasteiger partial charge in [-0.15, -0.1) is 0 Å². The molecular weight excluding hydrogens is 244 g/mol. The fraction of sp³-hybridized carbons (Fsp3) is 0.429. The fourth-order valence-corrected chi connectivity index (χ4v) is 2.19. The van der Waals surface area contributed by atoms with Gasteiger partial charge in [-0.05, 0) is 19.4 Å². The third-order valence-electron chi connectivity index (χ3n) is 3.14. The molecule has 1 saturated heterocycles. The largest absolute Gasteiger partial charge is 0.379 e. The summed E-state index contributed by atoms with van der Waals surface area (Å²) in [6.07, 6.45) is 0.500. The summed E-state index contributed by atoms with van der Waals surface area (Å²) in [7, 11) is 0. The highest BCUT2D eigenvalue weighted by Crippen LogP contribution is 2.28. The number of benzene rings is 1. The van der Waals surface area contributed by atoms with Crippen molar-refractivity contribution < 1.29 is 14.3 Å². The molecule has 1 atom stereocenters. The molecule has 1 aliphatic rings. The zero-order chi connectivity index (χ0) is 13.9. The average molecular weight is 262 g/mol. The molecular formula is C14H18N2O3. The Labute approximate surface area is 112 Å². The highest BCUT2D eigenvalue weighted by atomic mass is 16.5. The Morgan fingerprint density at radius 2 is 1.89 bits per heavy atom. The van der Waals surface area contributed by atoms with Gasteiger partial charge < -0.3 is 10.1 Å². The standard InChI is InChI=1S/C14H18N2O3/c1-10(2)19-9-8-14(11-6-4-3-5-7-11)12(17)15-13(18)16-14/h3-7,10H,8-9H2,1-2H3,(H2,15,16,17,18)/t14-/m0/s1. The van der Waals surface area contributed by atoms with Crippen LogP contribution in [0.15, 0.2) is 30.3 Å². The quantitative estimate of drug-likeness (QED) is 0.791. The van der Waals surface area contributed by atoms with E-state index in [1.165, 1.54) is 0 Å². The van der Waals surface area contributed by atoms with Crippen molar-refractivity contribution in [1.29, 1.82) is 0 Å². The van der Waals surface area contributed by atoms with E-state index in [-0.39, 0.29) is 12.0 Å². The molecule has 1 aromatic rings. The van der Waals surface area contributed by atoms with Crippen LogP contribution in [0.2, 0.25) is 0 Å². The summed E-state index contributed by atoms with van der Waals surface area (Å²) in [5.74, 6) is -0.323. The molecule has 19 heavy (non-hydrogen) atoms. The first-order chi connectivity index (χ1) is 9.04. The maximum absolute atomic E-state index is 12.1. The summed E-state index contributed by atoms with van der Waals surface area (Å²) < 4.78 is 5.50. The SMILES string of the molecule is CC(C)OCC[C@@]1(c2ccccc2)NC(=O)NC1=O. The van der Waals surface area contributed by atoms with Crippen LogP contribution in [0, 0.1) is 0 Å². The van der Waals surface area contributed by atoms with Crippen LogP contribution in [-0.4, -0.2) is 24.6 Å². The monoisotopic (exact) mass is 262 g/mol. The molecule has 0 saturated carbocycles. The van der Waals surface area contributed by atoms with Gasteiger partial charge in [0, 0.05) is 6.42 Å². The smallest absolute Gasteiger partial charge is 0.322 e. The van der Waals surface area contributed by atoms with Crippen LogP contribution in [0.5, 0.6) is 0 Å². The Balaban J connectivity index is 2.24. The molecule has 1 aliphatic heterocycles. The molecule has 0 unspecified atom stereocenters. The van der Waals surface area contributed by atoms with E-state index in [0.717, 1.165) is 5.56 Å². The maximum atomic E-state index is 12.1. The summed E-state index contributed by atoms with van der Waals surface area (Å²) in [4.78, 5) is 23.6. The van der Waals surface area contributed by atoms with Crippen LogP contribution in [0.4, 0.5) is 4.79 Å². The average Bonchev–Trinajstić information content (AvgIpc) is 2.66. The zero-order valence-electron chi connectivity index (χ0n) is 11.1. The molecule has 1 heterocycles. The van der Waals surface area contributed by atoms with E-state index in [0.29, 0.717) is 13.0 Å². The Bertz CT molecular complexity index is 473. The number of hydrogen-bond donors (Lipinski definition) is 2. The Hall–Kier alpha value is -1.88. The lowest BCUT2D eigenvalue weighted by Gasteiger charge is -2.26. The highest BCUT2D eigenvalue weighted by Gasteiger charge is 2.47. The maximum Gasteiger partial charge on any atom is 0.322 e. The van der Waals surface area contributed by atoms with Gasteiger partial charge in [-0.1, -0.05) is 30.3 Å². The minimum absolute atomic E-state index is 0.0907. The van der Waals surface area contributed by atoms with E-state index >= 15 is 0 Å². The summed E-state index contributed by atoms with van der Waals surface area (Å²) in [6, 6.07) is 8.77. The molecule has 5 heteroatoms. The first-order valence-corrected chi connectivity index (χ1v) is 6.35. The zero-order valence-corrected chi connectivity index (χ0v) is 11.1. The van der Waals surface area contributed by atoms with Gasteiger partial charge in [-0.3, -0.25) is 10.1 Å². The molecule has 2 N–H and O–H groups in total. The highest BCUT2D eigenvalue weighted by molar-refractivity contribution is 6.07. The number of nitrogens with one attached hydrogen (secondary N) is 2. The summed E-state index contributed by atoms with van der Waals surface area (Å²) in [6.45, 7) is 4.27. The van der Waals surface area contributed by atoms with Crippen LogP contribution >= 0.6 is 0 Å². The van der Waals surface area contributed by atoms with Crippen LogP contribution in [0.3, 0.4) is 0 Å². The molecule has 2 rings (SSSR count). The van der Waals surface area contributed by atoms with Crippen molar-refractivity contribution in [3.05, 3.63) is 35.9 Å². The molecule has 102 valence electrons. The number of amides is 3. The summed E-state index contributed by atoms with van der Waals surface area (Å²) in [5.41, 5.74) is -0.251. The Morgan fingerprint density at radius 1 is 1.21 bits per heavy atom. The van der Waals surface area contributed by atoms with Gasteiger partial charge in [0.05, 0.1) is 12.7 Å². The molecule has 5 nitrogen and oxygen atoms in total. The van der Waals surface area contributed by atoms with Crippen molar-refractivity contribution >= 4 is 11.9 Å². The lowest BCUT2D eigenvalue weighted by molar-refractivity contribution is -0.125. The van der Waals surface area contributed by atoms with Gasteiger partial charge in [0.2, 0.25) is 0 Å². The second-order valence-electron chi connectivity index (χ2n) is 4.85. The van der Waals surface area contributed by atoms with E-state index in [4.69, 9.17) is 4.74 Å². The van der Waals surface area contributed by atoms with Crippen molar-refractivity contribution in [2.75, 3.05) is 6.61 Å².